The second kappa shape index (κ2) is 8.00. The van der Waals surface area contributed by atoms with Crippen molar-refractivity contribution in [3.8, 4) is 21.8 Å². The Kier molecular flexibility index (Phi) is 5.55. The summed E-state index contributed by atoms with van der Waals surface area (Å²) in [6, 6.07) is 15.8. The number of nitrogens with zero attached hydrogens (tertiary/aromatic N) is 3. The Morgan fingerprint density at radius 2 is 1.67 bits per heavy atom. The van der Waals surface area contributed by atoms with Gasteiger partial charge >= 0.3 is 0 Å². The Labute approximate surface area is 191 Å². The quantitative estimate of drug-likeness (QED) is 0.372. The van der Waals surface area contributed by atoms with Crippen molar-refractivity contribution in [1.82, 2.24) is 13.9 Å². The molecule has 4 aromatic rings. The maximum absolute atomic E-state index is 13.3. The zero-order valence-corrected chi connectivity index (χ0v) is 19.1. The number of para-hydroxylation sites is 1. The molecule has 4 rings (SSSR count). The van der Waals surface area contributed by atoms with Crippen LogP contribution >= 0.6 is 46.8 Å². The average Bonchev–Trinajstić information content (AvgIpc) is 2.93. The van der Waals surface area contributed by atoms with Crippen molar-refractivity contribution < 1.29 is 0 Å². The van der Waals surface area contributed by atoms with Crippen LogP contribution in [0.5, 0.6) is 0 Å². The maximum Gasteiger partial charge on any atom is 0.296 e. The van der Waals surface area contributed by atoms with Crippen molar-refractivity contribution in [3.63, 3.8) is 0 Å². The zero-order chi connectivity index (χ0) is 21.6. The Balaban J connectivity index is 1.93. The number of aromatic nitrogens is 3. The van der Waals surface area contributed by atoms with Gasteiger partial charge in [0.1, 0.15) is 5.69 Å². The van der Waals surface area contributed by atoms with E-state index in [-0.39, 0.29) is 20.8 Å². The van der Waals surface area contributed by atoms with Gasteiger partial charge in [-0.3, -0.25) is 18.8 Å². The number of rotatable bonds is 3. The predicted octanol–water partition coefficient (Wildman–Crippen LogP) is 5.40. The van der Waals surface area contributed by atoms with Crippen molar-refractivity contribution in [1.29, 1.82) is 0 Å². The third-order valence-corrected chi connectivity index (χ3v) is 6.91. The molecule has 5 nitrogen and oxygen atoms in total. The third-order valence-electron chi connectivity index (χ3n) is 4.81. The number of hydrogen-bond donors (Lipinski definition) is 0. The van der Waals surface area contributed by atoms with Crippen LogP contribution < -0.4 is 11.1 Å². The summed E-state index contributed by atoms with van der Waals surface area (Å²) in [5, 5.41) is 0.819. The van der Waals surface area contributed by atoms with Gasteiger partial charge in [0, 0.05) is 18.0 Å². The number of benzene rings is 2. The van der Waals surface area contributed by atoms with Gasteiger partial charge in [-0.2, -0.15) is 0 Å². The largest absolute Gasteiger partial charge is 0.296 e. The summed E-state index contributed by atoms with van der Waals surface area (Å²) >= 11 is 18.8. The minimum Gasteiger partial charge on any atom is -0.283 e. The highest BCUT2D eigenvalue weighted by Crippen LogP contribution is 2.30. The summed E-state index contributed by atoms with van der Waals surface area (Å²) in [7, 11) is 1.77. The second-order valence-electron chi connectivity index (χ2n) is 6.59. The summed E-state index contributed by atoms with van der Waals surface area (Å²) in [6.45, 7) is 1.79. The van der Waals surface area contributed by atoms with Crippen molar-refractivity contribution >= 4 is 46.8 Å². The fourth-order valence-electron chi connectivity index (χ4n) is 3.24. The first-order chi connectivity index (χ1) is 14.3. The molecule has 9 heteroatoms. The molecule has 0 aliphatic rings. The van der Waals surface area contributed by atoms with Crippen LogP contribution in [0.4, 0.5) is 0 Å². The Bertz CT molecular complexity index is 1420. The van der Waals surface area contributed by atoms with E-state index in [0.717, 1.165) is 5.56 Å². The molecule has 0 fully saturated rings. The first-order valence-electron chi connectivity index (χ1n) is 8.86. The van der Waals surface area contributed by atoms with Crippen LogP contribution in [-0.2, 0) is 7.05 Å². The molecule has 0 radical (unpaired) electrons. The molecule has 0 atom stereocenters. The number of hydrogen-bond acceptors (Lipinski definition) is 4. The highest BCUT2D eigenvalue weighted by Gasteiger charge is 2.20. The summed E-state index contributed by atoms with van der Waals surface area (Å²) in [5.74, 6) is 0. The lowest BCUT2D eigenvalue weighted by Gasteiger charge is -2.07. The van der Waals surface area contributed by atoms with E-state index in [1.54, 1.807) is 36.9 Å². The minimum absolute atomic E-state index is 0.244. The van der Waals surface area contributed by atoms with Crippen LogP contribution in [-0.4, -0.2) is 13.9 Å². The topological polar surface area (TPSA) is 48.9 Å². The van der Waals surface area contributed by atoms with Crippen LogP contribution in [0.25, 0.3) is 21.8 Å². The first kappa shape index (κ1) is 20.8. The molecule has 0 aliphatic carbocycles. The first-order valence-corrected chi connectivity index (χ1v) is 10.8. The summed E-state index contributed by atoms with van der Waals surface area (Å²) < 4.78 is 4.79. The molecule has 30 heavy (non-hydrogen) atoms. The van der Waals surface area contributed by atoms with Gasteiger partial charge in [-0.15, -0.1) is 11.3 Å². The molecule has 0 spiro atoms. The van der Waals surface area contributed by atoms with Gasteiger partial charge in [0.25, 0.3) is 11.1 Å². The smallest absolute Gasteiger partial charge is 0.283 e. The van der Waals surface area contributed by atoms with Crippen molar-refractivity contribution in [2.75, 3.05) is 0 Å². The Hall–Kier alpha value is -2.45. The lowest BCUT2D eigenvalue weighted by atomic mass is 10.2. The third kappa shape index (κ3) is 3.48. The van der Waals surface area contributed by atoms with E-state index < -0.39 is 0 Å². The molecule has 0 unspecified atom stereocenters. The molecular weight excluding hydrogens is 461 g/mol. The Morgan fingerprint density at radius 1 is 0.967 bits per heavy atom. The van der Waals surface area contributed by atoms with E-state index >= 15 is 0 Å². The molecular formula is C21H15Cl2N3O2S2. The fourth-order valence-corrected chi connectivity index (χ4v) is 4.85. The molecule has 2 heterocycles. The lowest BCUT2D eigenvalue weighted by Crippen LogP contribution is -2.26. The van der Waals surface area contributed by atoms with Crippen LogP contribution in [0, 0.1) is 10.9 Å². The van der Waals surface area contributed by atoms with Crippen LogP contribution in [0.2, 0.25) is 10.0 Å². The molecule has 152 valence electrons. The standard InChI is InChI=1S/C21H15Cl2N3O2S2/c1-12-19(20(28)26(24(12)2)14-6-4-3-5-7-14)25-18(27)11-17(30-21(25)29)13-8-9-15(22)16(23)10-13/h3-11H,1-2H3. The Morgan fingerprint density at radius 3 is 2.30 bits per heavy atom. The van der Waals surface area contributed by atoms with Crippen LogP contribution in [0.1, 0.15) is 5.69 Å². The molecule has 0 saturated carbocycles. The van der Waals surface area contributed by atoms with E-state index in [0.29, 0.717) is 26.3 Å². The molecule has 2 aromatic heterocycles. The van der Waals surface area contributed by atoms with E-state index in [4.69, 9.17) is 35.4 Å². The molecule has 0 bridgehead atoms. The van der Waals surface area contributed by atoms with Gasteiger partial charge in [-0.05, 0) is 49.0 Å². The van der Waals surface area contributed by atoms with Crippen molar-refractivity contribution in [3.05, 3.63) is 95.0 Å². The van der Waals surface area contributed by atoms with Crippen molar-refractivity contribution in [2.24, 2.45) is 7.05 Å². The van der Waals surface area contributed by atoms with E-state index in [9.17, 15) is 9.59 Å². The van der Waals surface area contributed by atoms with E-state index in [2.05, 4.69) is 0 Å². The molecule has 0 N–H and O–H groups in total. The summed E-state index contributed by atoms with van der Waals surface area (Å²) in [4.78, 5) is 26.9. The zero-order valence-electron chi connectivity index (χ0n) is 15.9. The SMILES string of the molecule is Cc1c(-n2c(=O)cc(-c3ccc(Cl)c(Cl)c3)sc2=S)c(=O)n(-c2ccccc2)n1C. The summed E-state index contributed by atoms with van der Waals surface area (Å²) in [6.07, 6.45) is 0. The normalized spacial score (nSPS) is 11.1. The van der Waals surface area contributed by atoms with Gasteiger partial charge < -0.3 is 0 Å². The average molecular weight is 476 g/mol. The van der Waals surface area contributed by atoms with Gasteiger partial charge in [0.15, 0.2) is 3.95 Å². The predicted molar refractivity (Wildman–Crippen MR) is 126 cm³/mol. The minimum atomic E-state index is -0.383. The van der Waals surface area contributed by atoms with Gasteiger partial charge in [-0.25, -0.2) is 4.68 Å². The highest BCUT2D eigenvalue weighted by molar-refractivity contribution is 7.73. The molecule has 0 aliphatic heterocycles. The van der Waals surface area contributed by atoms with E-state index in [1.165, 1.54) is 26.7 Å². The maximum atomic E-state index is 13.3. The molecule has 2 aromatic carbocycles. The van der Waals surface area contributed by atoms with E-state index in [1.807, 2.05) is 30.3 Å². The van der Waals surface area contributed by atoms with Gasteiger partial charge in [-0.1, -0.05) is 47.5 Å². The fraction of sp³-hybridized carbons (Fsp3) is 0.0952. The lowest BCUT2D eigenvalue weighted by molar-refractivity contribution is 0.630. The summed E-state index contributed by atoms with van der Waals surface area (Å²) in [5.41, 5.74) is 1.61. The highest BCUT2D eigenvalue weighted by atomic mass is 35.5. The molecule has 0 amide bonds. The number of halogens is 2. The van der Waals surface area contributed by atoms with Crippen LogP contribution in [0.15, 0.2) is 64.2 Å². The monoisotopic (exact) mass is 475 g/mol. The second-order valence-corrected chi connectivity index (χ2v) is 9.08. The molecule has 0 saturated heterocycles. The van der Waals surface area contributed by atoms with Gasteiger partial charge in [0.2, 0.25) is 0 Å². The van der Waals surface area contributed by atoms with Crippen molar-refractivity contribution in [2.45, 2.75) is 6.92 Å². The van der Waals surface area contributed by atoms with Gasteiger partial charge in [0.05, 0.1) is 21.4 Å². The van der Waals surface area contributed by atoms with Crippen LogP contribution in [0.3, 0.4) is 0 Å².